The van der Waals surface area contributed by atoms with Crippen molar-refractivity contribution in [3.05, 3.63) is 57.0 Å². The van der Waals surface area contributed by atoms with Gasteiger partial charge in [0, 0.05) is 23.1 Å². The molecule has 25 heavy (non-hydrogen) atoms. The van der Waals surface area contributed by atoms with Crippen LogP contribution in [0, 0.1) is 18.6 Å². The lowest BCUT2D eigenvalue weighted by Crippen LogP contribution is -2.27. The van der Waals surface area contributed by atoms with Crippen LogP contribution in [0.4, 0.5) is 14.7 Å². The fourth-order valence-corrected chi connectivity index (χ4v) is 3.54. The molecule has 1 aliphatic carbocycles. The minimum Gasteiger partial charge on any atom is -0.353 e. The number of halogens is 2. The van der Waals surface area contributed by atoms with Gasteiger partial charge in [-0.15, -0.1) is 0 Å². The average molecular weight is 347 g/mol. The Morgan fingerprint density at radius 3 is 2.48 bits per heavy atom. The SMILES string of the molecule is Cc1c(C(C)c2c(F)cccc2F)nc(NC2CCCCC2)[nH]c1=O. The standard InChI is InChI=1S/C19H23F2N3O/c1-11(16-14(20)9-6-10-15(16)21)17-12(2)18(25)24-19(23-17)22-13-7-4-3-5-8-13/h6,9-11,13H,3-5,7-8H2,1-2H3,(H2,22,23,24,25). The molecule has 1 aromatic heterocycles. The van der Waals surface area contributed by atoms with Crippen LogP contribution in [-0.2, 0) is 0 Å². The molecule has 1 aliphatic rings. The summed E-state index contributed by atoms with van der Waals surface area (Å²) in [6.07, 6.45) is 5.59. The molecule has 0 aliphatic heterocycles. The van der Waals surface area contributed by atoms with E-state index in [-0.39, 0.29) is 17.2 Å². The smallest absolute Gasteiger partial charge is 0.255 e. The summed E-state index contributed by atoms with van der Waals surface area (Å²) in [5.41, 5.74) is 0.426. The van der Waals surface area contributed by atoms with E-state index in [4.69, 9.17) is 0 Å². The first-order valence-electron chi connectivity index (χ1n) is 8.78. The van der Waals surface area contributed by atoms with E-state index in [2.05, 4.69) is 15.3 Å². The number of benzene rings is 1. The van der Waals surface area contributed by atoms with E-state index in [1.54, 1.807) is 13.8 Å². The zero-order chi connectivity index (χ0) is 18.0. The Balaban J connectivity index is 1.96. The molecule has 1 unspecified atom stereocenters. The molecule has 4 nitrogen and oxygen atoms in total. The quantitative estimate of drug-likeness (QED) is 0.869. The Morgan fingerprint density at radius 2 is 1.84 bits per heavy atom. The van der Waals surface area contributed by atoms with Crippen LogP contribution >= 0.6 is 0 Å². The van der Waals surface area contributed by atoms with Crippen molar-refractivity contribution in [1.29, 1.82) is 0 Å². The Kier molecular flexibility index (Phi) is 5.16. The molecular formula is C19H23F2N3O. The fourth-order valence-electron chi connectivity index (χ4n) is 3.54. The second kappa shape index (κ2) is 7.33. The van der Waals surface area contributed by atoms with Crippen LogP contribution in [0.2, 0.25) is 0 Å². The number of nitrogens with zero attached hydrogens (tertiary/aromatic N) is 1. The Bertz CT molecular complexity index is 793. The van der Waals surface area contributed by atoms with E-state index in [0.29, 0.717) is 17.2 Å². The zero-order valence-electron chi connectivity index (χ0n) is 14.5. The molecular weight excluding hydrogens is 324 g/mol. The summed E-state index contributed by atoms with van der Waals surface area (Å²) in [6.45, 7) is 3.29. The minimum absolute atomic E-state index is 0.0627. The molecule has 3 rings (SSSR count). The van der Waals surface area contributed by atoms with Crippen molar-refractivity contribution >= 4 is 5.95 Å². The maximum atomic E-state index is 14.1. The molecule has 1 aromatic carbocycles. The lowest BCUT2D eigenvalue weighted by atomic mass is 9.94. The van der Waals surface area contributed by atoms with Gasteiger partial charge < -0.3 is 5.32 Å². The highest BCUT2D eigenvalue weighted by Crippen LogP contribution is 2.29. The second-order valence-corrected chi connectivity index (χ2v) is 6.76. The number of hydrogen-bond donors (Lipinski definition) is 2. The third-order valence-corrected chi connectivity index (χ3v) is 4.98. The molecule has 0 radical (unpaired) electrons. The van der Waals surface area contributed by atoms with E-state index >= 15 is 0 Å². The van der Waals surface area contributed by atoms with Crippen molar-refractivity contribution in [1.82, 2.24) is 9.97 Å². The van der Waals surface area contributed by atoms with Gasteiger partial charge >= 0.3 is 0 Å². The Morgan fingerprint density at radius 1 is 1.20 bits per heavy atom. The summed E-state index contributed by atoms with van der Waals surface area (Å²) in [5, 5.41) is 3.27. The third kappa shape index (κ3) is 3.72. The van der Waals surface area contributed by atoms with Gasteiger partial charge in [0.15, 0.2) is 0 Å². The van der Waals surface area contributed by atoms with Crippen molar-refractivity contribution < 1.29 is 8.78 Å². The van der Waals surface area contributed by atoms with E-state index in [1.807, 2.05) is 0 Å². The van der Waals surface area contributed by atoms with Gasteiger partial charge in [0.25, 0.3) is 5.56 Å². The molecule has 6 heteroatoms. The van der Waals surface area contributed by atoms with Crippen molar-refractivity contribution in [2.75, 3.05) is 5.32 Å². The number of H-pyrrole nitrogens is 1. The van der Waals surface area contributed by atoms with E-state index in [0.717, 1.165) is 25.7 Å². The number of anilines is 1. The first-order valence-corrected chi connectivity index (χ1v) is 8.78. The minimum atomic E-state index is -0.657. The van der Waals surface area contributed by atoms with E-state index in [1.165, 1.54) is 24.6 Å². The molecule has 0 amide bonds. The summed E-state index contributed by atoms with van der Waals surface area (Å²) >= 11 is 0. The average Bonchev–Trinajstić information content (AvgIpc) is 2.58. The van der Waals surface area contributed by atoms with Crippen LogP contribution in [0.1, 0.15) is 61.8 Å². The summed E-state index contributed by atoms with van der Waals surface area (Å²) in [7, 11) is 0. The normalized spacial score (nSPS) is 16.6. The molecule has 0 bridgehead atoms. The monoisotopic (exact) mass is 347 g/mol. The summed E-state index contributed by atoms with van der Waals surface area (Å²) in [6, 6.07) is 4.04. The van der Waals surface area contributed by atoms with Crippen molar-refractivity contribution in [3.63, 3.8) is 0 Å². The molecule has 134 valence electrons. The maximum absolute atomic E-state index is 14.1. The van der Waals surface area contributed by atoms with Crippen LogP contribution in [0.15, 0.2) is 23.0 Å². The first kappa shape index (κ1) is 17.6. The molecule has 2 aromatic rings. The van der Waals surface area contributed by atoms with Gasteiger partial charge in [0.05, 0.1) is 5.69 Å². The van der Waals surface area contributed by atoms with Crippen molar-refractivity contribution in [3.8, 4) is 0 Å². The topological polar surface area (TPSA) is 57.8 Å². The number of nitrogens with one attached hydrogen (secondary N) is 2. The molecule has 1 atom stereocenters. The van der Waals surface area contributed by atoms with Gasteiger partial charge in [-0.25, -0.2) is 13.8 Å². The van der Waals surface area contributed by atoms with Gasteiger partial charge in [-0.2, -0.15) is 0 Å². The maximum Gasteiger partial charge on any atom is 0.255 e. The summed E-state index contributed by atoms with van der Waals surface area (Å²) < 4.78 is 28.2. The highest BCUT2D eigenvalue weighted by Gasteiger charge is 2.23. The number of aromatic nitrogens is 2. The van der Waals surface area contributed by atoms with Crippen LogP contribution in [0.25, 0.3) is 0 Å². The lowest BCUT2D eigenvalue weighted by molar-refractivity contribution is 0.460. The van der Waals surface area contributed by atoms with Crippen molar-refractivity contribution in [2.45, 2.75) is 57.9 Å². The van der Waals surface area contributed by atoms with E-state index < -0.39 is 17.6 Å². The number of aromatic amines is 1. The number of rotatable bonds is 4. The molecule has 0 saturated heterocycles. The lowest BCUT2D eigenvalue weighted by Gasteiger charge is -2.24. The zero-order valence-corrected chi connectivity index (χ0v) is 14.5. The molecule has 1 fully saturated rings. The van der Waals surface area contributed by atoms with Crippen LogP contribution in [0.5, 0.6) is 0 Å². The largest absolute Gasteiger partial charge is 0.353 e. The Labute approximate surface area is 145 Å². The van der Waals surface area contributed by atoms with Crippen molar-refractivity contribution in [2.24, 2.45) is 0 Å². The van der Waals surface area contributed by atoms with Gasteiger partial charge in [-0.1, -0.05) is 32.3 Å². The second-order valence-electron chi connectivity index (χ2n) is 6.76. The van der Waals surface area contributed by atoms with Gasteiger partial charge in [-0.3, -0.25) is 9.78 Å². The van der Waals surface area contributed by atoms with Gasteiger partial charge in [-0.05, 0) is 31.9 Å². The predicted octanol–water partition coefficient (Wildman–Crippen LogP) is 4.25. The van der Waals surface area contributed by atoms with Crippen LogP contribution < -0.4 is 10.9 Å². The molecule has 0 spiro atoms. The van der Waals surface area contributed by atoms with E-state index in [9.17, 15) is 13.6 Å². The summed E-state index contributed by atoms with van der Waals surface area (Å²) in [5.74, 6) is -1.54. The summed E-state index contributed by atoms with van der Waals surface area (Å²) in [4.78, 5) is 19.5. The number of hydrogen-bond acceptors (Lipinski definition) is 3. The van der Waals surface area contributed by atoms with Crippen LogP contribution in [-0.4, -0.2) is 16.0 Å². The Hall–Kier alpha value is -2.24. The fraction of sp³-hybridized carbons (Fsp3) is 0.474. The van der Waals surface area contributed by atoms with Crippen LogP contribution in [0.3, 0.4) is 0 Å². The molecule has 1 heterocycles. The third-order valence-electron chi connectivity index (χ3n) is 4.98. The van der Waals surface area contributed by atoms with Gasteiger partial charge in [0.1, 0.15) is 11.6 Å². The first-order chi connectivity index (χ1) is 12.0. The predicted molar refractivity (Wildman–Crippen MR) is 94.0 cm³/mol. The highest BCUT2D eigenvalue weighted by atomic mass is 19.1. The van der Waals surface area contributed by atoms with Gasteiger partial charge in [0.2, 0.25) is 5.95 Å². The highest BCUT2D eigenvalue weighted by molar-refractivity contribution is 5.37. The molecule has 2 N–H and O–H groups in total. The molecule has 1 saturated carbocycles.